The third kappa shape index (κ3) is 3.79. The molecule has 2 aliphatic heterocycles. The summed E-state index contributed by atoms with van der Waals surface area (Å²) >= 11 is 0. The predicted molar refractivity (Wildman–Crippen MR) is 105 cm³/mol. The molecule has 3 heterocycles. The molecule has 2 unspecified atom stereocenters. The van der Waals surface area contributed by atoms with E-state index in [2.05, 4.69) is 15.7 Å². The smallest absolute Gasteiger partial charge is 0.224 e. The fraction of sp³-hybridized carbons (Fsp3) is 0.500. The lowest BCUT2D eigenvalue weighted by atomic mass is 9.99. The molecular formula is C20H27ClN4O. The highest BCUT2D eigenvalue weighted by Gasteiger charge is 2.34. The molecule has 2 aliphatic rings. The molecule has 140 valence electrons. The highest BCUT2D eigenvalue weighted by Crippen LogP contribution is 2.27. The van der Waals surface area contributed by atoms with E-state index in [1.807, 2.05) is 48.9 Å². The van der Waals surface area contributed by atoms with Gasteiger partial charge in [-0.25, -0.2) is 4.68 Å². The lowest BCUT2D eigenvalue weighted by molar-refractivity contribution is -0.121. The number of aryl methyl sites for hydroxylation is 1. The van der Waals surface area contributed by atoms with Gasteiger partial charge in [-0.15, -0.1) is 12.4 Å². The summed E-state index contributed by atoms with van der Waals surface area (Å²) in [4.78, 5) is 12.6. The number of nitrogens with one attached hydrogen (secondary N) is 2. The minimum Gasteiger partial charge on any atom is -0.353 e. The van der Waals surface area contributed by atoms with E-state index >= 15 is 0 Å². The van der Waals surface area contributed by atoms with Crippen molar-refractivity contribution >= 4 is 18.3 Å². The Hall–Kier alpha value is -1.85. The number of hydrogen-bond donors (Lipinski definition) is 2. The van der Waals surface area contributed by atoms with Crippen LogP contribution < -0.4 is 10.6 Å². The van der Waals surface area contributed by atoms with E-state index in [-0.39, 0.29) is 18.3 Å². The molecule has 0 radical (unpaired) electrons. The second-order valence-electron chi connectivity index (χ2n) is 7.45. The van der Waals surface area contributed by atoms with E-state index < -0.39 is 0 Å². The maximum absolute atomic E-state index is 12.6. The average Bonchev–Trinajstić information content (AvgIpc) is 3.09. The van der Waals surface area contributed by atoms with Crippen LogP contribution in [0.15, 0.2) is 30.3 Å². The molecule has 5 nitrogen and oxygen atoms in total. The standard InChI is InChI=1S/C20H26N4O.ClH/c1-13-19(14(2)24(23-13)18-6-4-3-5-7-18)12-20(25)22-17-10-15-8-9-16(11-17)21-15;/h3-7,15-17,21H,8-12H2,1-2H3,(H,22,25);1H. The van der Waals surface area contributed by atoms with Crippen LogP contribution in [0, 0.1) is 13.8 Å². The van der Waals surface area contributed by atoms with Gasteiger partial charge in [0.05, 0.1) is 17.8 Å². The summed E-state index contributed by atoms with van der Waals surface area (Å²) < 4.78 is 1.93. The Labute approximate surface area is 161 Å². The van der Waals surface area contributed by atoms with E-state index in [1.165, 1.54) is 12.8 Å². The molecule has 2 fully saturated rings. The Kier molecular flexibility index (Phi) is 5.68. The molecule has 0 spiro atoms. The number of hydrogen-bond acceptors (Lipinski definition) is 3. The monoisotopic (exact) mass is 374 g/mol. The number of nitrogens with zero attached hydrogens (tertiary/aromatic N) is 2. The van der Waals surface area contributed by atoms with Crippen molar-refractivity contribution < 1.29 is 4.79 Å². The van der Waals surface area contributed by atoms with Crippen LogP contribution in [0.3, 0.4) is 0 Å². The lowest BCUT2D eigenvalue weighted by Crippen LogP contribution is -2.48. The number of fused-ring (bicyclic) bond motifs is 2. The molecule has 4 rings (SSSR count). The number of para-hydroxylation sites is 1. The highest BCUT2D eigenvalue weighted by atomic mass is 35.5. The quantitative estimate of drug-likeness (QED) is 0.865. The van der Waals surface area contributed by atoms with Crippen LogP contribution in [0.4, 0.5) is 0 Å². The zero-order valence-corrected chi connectivity index (χ0v) is 16.2. The minimum absolute atomic E-state index is 0. The molecule has 2 aromatic rings. The number of benzene rings is 1. The average molecular weight is 375 g/mol. The molecular weight excluding hydrogens is 348 g/mol. The molecule has 1 aromatic carbocycles. The Morgan fingerprint density at radius 2 is 1.85 bits per heavy atom. The number of carbonyl (C=O) groups is 1. The summed E-state index contributed by atoms with van der Waals surface area (Å²) in [5.41, 5.74) is 4.05. The number of rotatable bonds is 4. The molecule has 2 bridgehead atoms. The van der Waals surface area contributed by atoms with Gasteiger partial charge in [-0.3, -0.25) is 4.79 Å². The molecule has 1 amide bonds. The van der Waals surface area contributed by atoms with Crippen molar-refractivity contribution in [2.45, 2.75) is 64.1 Å². The number of halogens is 1. The van der Waals surface area contributed by atoms with Gasteiger partial charge in [0.2, 0.25) is 5.91 Å². The van der Waals surface area contributed by atoms with E-state index in [0.29, 0.717) is 24.5 Å². The topological polar surface area (TPSA) is 59.0 Å². The van der Waals surface area contributed by atoms with Crippen molar-refractivity contribution in [3.05, 3.63) is 47.3 Å². The number of aromatic nitrogens is 2. The van der Waals surface area contributed by atoms with Crippen LogP contribution in [-0.2, 0) is 11.2 Å². The first-order valence-electron chi connectivity index (χ1n) is 9.26. The van der Waals surface area contributed by atoms with Crippen molar-refractivity contribution in [1.82, 2.24) is 20.4 Å². The van der Waals surface area contributed by atoms with Crippen LogP contribution in [-0.4, -0.2) is 33.8 Å². The van der Waals surface area contributed by atoms with Gasteiger partial charge in [0, 0.05) is 29.4 Å². The summed E-state index contributed by atoms with van der Waals surface area (Å²) in [6.45, 7) is 4.03. The van der Waals surface area contributed by atoms with Crippen molar-refractivity contribution in [2.24, 2.45) is 0 Å². The summed E-state index contributed by atoms with van der Waals surface area (Å²) in [5.74, 6) is 0.116. The first kappa shape index (κ1) is 18.9. The van der Waals surface area contributed by atoms with Gasteiger partial charge in [-0.2, -0.15) is 5.10 Å². The SMILES string of the molecule is Cc1nn(-c2ccccc2)c(C)c1CC(=O)NC1CC2CCC(C1)N2.Cl. The van der Waals surface area contributed by atoms with Gasteiger partial charge in [-0.05, 0) is 51.7 Å². The first-order valence-corrected chi connectivity index (χ1v) is 9.26. The second kappa shape index (κ2) is 7.80. The van der Waals surface area contributed by atoms with Crippen LogP contribution in [0.5, 0.6) is 0 Å². The van der Waals surface area contributed by atoms with Gasteiger partial charge in [0.1, 0.15) is 0 Å². The van der Waals surface area contributed by atoms with Crippen LogP contribution in [0.25, 0.3) is 5.69 Å². The van der Waals surface area contributed by atoms with E-state index in [9.17, 15) is 4.79 Å². The molecule has 6 heteroatoms. The molecule has 1 aromatic heterocycles. The second-order valence-corrected chi connectivity index (χ2v) is 7.45. The molecule has 0 saturated carbocycles. The summed E-state index contributed by atoms with van der Waals surface area (Å²) in [6.07, 6.45) is 5.02. The van der Waals surface area contributed by atoms with Crippen molar-refractivity contribution in [3.8, 4) is 5.69 Å². The van der Waals surface area contributed by atoms with E-state index in [0.717, 1.165) is 35.5 Å². The molecule has 2 N–H and O–H groups in total. The Balaban J connectivity index is 0.00000196. The molecule has 2 atom stereocenters. The summed E-state index contributed by atoms with van der Waals surface area (Å²) in [6, 6.07) is 11.6. The van der Waals surface area contributed by atoms with Crippen molar-refractivity contribution in [1.29, 1.82) is 0 Å². The third-order valence-corrected chi connectivity index (χ3v) is 5.62. The Morgan fingerprint density at radius 3 is 2.50 bits per heavy atom. The van der Waals surface area contributed by atoms with Gasteiger partial charge >= 0.3 is 0 Å². The molecule has 26 heavy (non-hydrogen) atoms. The predicted octanol–water partition coefficient (Wildman–Crippen LogP) is 2.85. The van der Waals surface area contributed by atoms with Gasteiger partial charge in [0.15, 0.2) is 0 Å². The lowest BCUT2D eigenvalue weighted by Gasteiger charge is -2.29. The minimum atomic E-state index is 0. The van der Waals surface area contributed by atoms with Gasteiger partial charge in [0.25, 0.3) is 0 Å². The fourth-order valence-electron chi connectivity index (χ4n) is 4.37. The first-order chi connectivity index (χ1) is 12.1. The Morgan fingerprint density at radius 1 is 1.19 bits per heavy atom. The van der Waals surface area contributed by atoms with E-state index in [1.54, 1.807) is 0 Å². The molecule has 2 saturated heterocycles. The van der Waals surface area contributed by atoms with Gasteiger partial charge in [-0.1, -0.05) is 18.2 Å². The van der Waals surface area contributed by atoms with Crippen molar-refractivity contribution in [2.75, 3.05) is 0 Å². The zero-order chi connectivity index (χ0) is 17.4. The largest absolute Gasteiger partial charge is 0.353 e. The van der Waals surface area contributed by atoms with Crippen molar-refractivity contribution in [3.63, 3.8) is 0 Å². The molecule has 0 aliphatic carbocycles. The zero-order valence-electron chi connectivity index (χ0n) is 15.4. The Bertz CT molecular complexity index is 762. The van der Waals surface area contributed by atoms with Crippen LogP contribution in [0.1, 0.15) is 42.6 Å². The number of carbonyl (C=O) groups excluding carboxylic acids is 1. The highest BCUT2D eigenvalue weighted by molar-refractivity contribution is 5.85. The normalized spacial score (nSPS) is 24.2. The van der Waals surface area contributed by atoms with Crippen LogP contribution in [0.2, 0.25) is 0 Å². The number of amides is 1. The maximum atomic E-state index is 12.6. The summed E-state index contributed by atoms with van der Waals surface area (Å²) in [5, 5.41) is 11.5. The summed E-state index contributed by atoms with van der Waals surface area (Å²) in [7, 11) is 0. The van der Waals surface area contributed by atoms with E-state index in [4.69, 9.17) is 0 Å². The third-order valence-electron chi connectivity index (χ3n) is 5.62. The maximum Gasteiger partial charge on any atom is 0.224 e. The van der Waals surface area contributed by atoms with Gasteiger partial charge < -0.3 is 10.6 Å². The fourth-order valence-corrected chi connectivity index (χ4v) is 4.37. The number of piperidine rings is 1. The van der Waals surface area contributed by atoms with Crippen LogP contribution >= 0.6 is 12.4 Å².